The van der Waals surface area contributed by atoms with Crippen molar-refractivity contribution in [2.45, 2.75) is 11.8 Å². The molecule has 0 amide bonds. The predicted octanol–water partition coefficient (Wildman–Crippen LogP) is 2.87. The second-order valence-corrected chi connectivity index (χ2v) is 4.54. The lowest BCUT2D eigenvalue weighted by Gasteiger charge is -2.11. The van der Waals surface area contributed by atoms with Crippen LogP contribution in [0.2, 0.25) is 0 Å². The van der Waals surface area contributed by atoms with Gasteiger partial charge in [-0.05, 0) is 17.2 Å². The molecule has 0 aliphatic heterocycles. The smallest absolute Gasteiger partial charge is 0.338 e. The van der Waals surface area contributed by atoms with Gasteiger partial charge in [0, 0.05) is 11.8 Å². The number of esters is 1. The molecule has 0 aliphatic rings. The van der Waals surface area contributed by atoms with Crippen molar-refractivity contribution in [1.29, 1.82) is 0 Å². The first-order chi connectivity index (χ1) is 8.13. The van der Waals surface area contributed by atoms with E-state index in [1.54, 1.807) is 12.1 Å². The Kier molecular flexibility index (Phi) is 5.85. The maximum absolute atomic E-state index is 11.6. The van der Waals surface area contributed by atoms with Gasteiger partial charge in [-0.2, -0.15) is 0 Å². The van der Waals surface area contributed by atoms with Crippen LogP contribution in [0.4, 0.5) is 0 Å². The van der Waals surface area contributed by atoms with Crippen molar-refractivity contribution < 1.29 is 14.3 Å². The van der Waals surface area contributed by atoms with Crippen molar-refractivity contribution in [1.82, 2.24) is 0 Å². The highest BCUT2D eigenvalue weighted by Crippen LogP contribution is 2.20. The average molecular weight is 364 g/mol. The summed E-state index contributed by atoms with van der Waals surface area (Å²) < 4.78 is 4.71. The van der Waals surface area contributed by atoms with Gasteiger partial charge in [-0.3, -0.25) is 4.79 Å². The number of Topliss-reactive ketones (excluding diaryl/α,β-unsaturated/α-hetero) is 1. The number of halogens is 2. The first-order valence-electron chi connectivity index (χ1n) is 4.96. The van der Waals surface area contributed by atoms with Gasteiger partial charge in [0.1, 0.15) is 5.78 Å². The fourth-order valence-corrected chi connectivity index (χ4v) is 2.24. The number of ketones is 1. The predicted molar refractivity (Wildman–Crippen MR) is 72.9 cm³/mol. The van der Waals surface area contributed by atoms with Gasteiger partial charge < -0.3 is 4.74 Å². The van der Waals surface area contributed by atoms with Crippen LogP contribution in [-0.4, -0.2) is 24.2 Å². The highest BCUT2D eigenvalue weighted by atomic mass is 79.9. The van der Waals surface area contributed by atoms with Gasteiger partial charge in [-0.1, -0.05) is 44.0 Å². The van der Waals surface area contributed by atoms with E-state index in [9.17, 15) is 9.59 Å². The van der Waals surface area contributed by atoms with Gasteiger partial charge in [0.05, 0.1) is 18.0 Å². The fourth-order valence-electron chi connectivity index (χ4n) is 1.51. The second-order valence-electron chi connectivity index (χ2n) is 3.42. The molecule has 0 saturated carbocycles. The summed E-state index contributed by atoms with van der Waals surface area (Å²) in [5, 5.41) is 0.882. The molecule has 0 spiro atoms. The highest BCUT2D eigenvalue weighted by molar-refractivity contribution is 9.09. The minimum absolute atomic E-state index is 0.0311. The van der Waals surface area contributed by atoms with Crippen LogP contribution >= 0.6 is 31.9 Å². The molecule has 1 aromatic rings. The van der Waals surface area contributed by atoms with Crippen LogP contribution in [0.3, 0.4) is 0 Å². The molecule has 0 heterocycles. The molecule has 0 saturated heterocycles. The molecule has 0 bridgehead atoms. The number of carbonyl (C=O) groups is 2. The second kappa shape index (κ2) is 6.91. The Labute approximate surface area is 117 Å². The molecule has 0 aliphatic carbocycles. The maximum Gasteiger partial charge on any atom is 0.338 e. The summed E-state index contributed by atoms with van der Waals surface area (Å²) in [5.41, 5.74) is 2.13. The summed E-state index contributed by atoms with van der Waals surface area (Å²) in [6, 6.07) is 5.35. The molecule has 0 N–H and O–H groups in total. The number of ether oxygens (including phenoxy) is 1. The van der Waals surface area contributed by atoms with Crippen molar-refractivity contribution >= 4 is 43.6 Å². The molecule has 0 unspecified atom stereocenters. The monoisotopic (exact) mass is 362 g/mol. The molecule has 0 radical (unpaired) electrons. The molecule has 5 heteroatoms. The zero-order valence-electron chi connectivity index (χ0n) is 9.33. The van der Waals surface area contributed by atoms with Gasteiger partial charge in [0.25, 0.3) is 0 Å². The van der Waals surface area contributed by atoms with E-state index in [1.165, 1.54) is 7.11 Å². The Balaban J connectivity index is 3.20. The van der Waals surface area contributed by atoms with Crippen LogP contribution in [-0.2, 0) is 21.3 Å². The normalized spacial score (nSPS) is 10.1. The summed E-state index contributed by atoms with van der Waals surface area (Å²) >= 11 is 6.47. The number of carbonyl (C=O) groups excluding carboxylic acids is 2. The van der Waals surface area contributed by atoms with E-state index in [0.29, 0.717) is 10.9 Å². The molecule has 0 fully saturated rings. The van der Waals surface area contributed by atoms with Gasteiger partial charge in [0.15, 0.2) is 0 Å². The van der Waals surface area contributed by atoms with Crippen LogP contribution in [0, 0.1) is 0 Å². The maximum atomic E-state index is 11.6. The third-order valence-electron chi connectivity index (χ3n) is 2.35. The first-order valence-corrected chi connectivity index (χ1v) is 7.21. The van der Waals surface area contributed by atoms with E-state index in [4.69, 9.17) is 4.74 Å². The molecule has 1 rings (SSSR count). The molecular formula is C12H12Br2O3. The van der Waals surface area contributed by atoms with E-state index in [-0.39, 0.29) is 17.5 Å². The van der Waals surface area contributed by atoms with Crippen molar-refractivity contribution in [2.75, 3.05) is 12.4 Å². The molecular weight excluding hydrogens is 352 g/mol. The Hall–Kier alpha value is -0.680. The largest absolute Gasteiger partial charge is 0.465 e. The van der Waals surface area contributed by atoms with E-state index < -0.39 is 5.97 Å². The standard InChI is InChI=1S/C12H12Br2O3/c1-17-12(16)10-4-2-3-8(6-13)11(10)5-9(15)7-14/h2-4H,5-7H2,1H3. The van der Waals surface area contributed by atoms with Crippen molar-refractivity contribution in [3.8, 4) is 0 Å². The molecule has 17 heavy (non-hydrogen) atoms. The zero-order valence-corrected chi connectivity index (χ0v) is 12.5. The van der Waals surface area contributed by atoms with Crippen molar-refractivity contribution in [3.63, 3.8) is 0 Å². The number of hydrogen-bond acceptors (Lipinski definition) is 3. The topological polar surface area (TPSA) is 43.4 Å². The molecule has 0 aromatic heterocycles. The fraction of sp³-hybridized carbons (Fsp3) is 0.333. The Morgan fingerprint density at radius 2 is 2.00 bits per heavy atom. The first kappa shape index (κ1) is 14.4. The van der Waals surface area contributed by atoms with Crippen LogP contribution in [0.1, 0.15) is 21.5 Å². The third kappa shape index (κ3) is 3.64. The quantitative estimate of drug-likeness (QED) is 0.596. The summed E-state index contributed by atoms with van der Waals surface area (Å²) in [4.78, 5) is 23.1. The highest BCUT2D eigenvalue weighted by Gasteiger charge is 2.16. The number of alkyl halides is 2. The number of methoxy groups -OCH3 is 1. The van der Waals surface area contributed by atoms with E-state index >= 15 is 0 Å². The van der Waals surface area contributed by atoms with E-state index in [2.05, 4.69) is 31.9 Å². The van der Waals surface area contributed by atoms with Crippen LogP contribution in [0.25, 0.3) is 0 Å². The zero-order chi connectivity index (χ0) is 12.8. The average Bonchev–Trinajstić information content (AvgIpc) is 2.37. The molecule has 3 nitrogen and oxygen atoms in total. The Morgan fingerprint density at radius 1 is 1.29 bits per heavy atom. The minimum Gasteiger partial charge on any atom is -0.465 e. The number of hydrogen-bond donors (Lipinski definition) is 0. The Bertz CT molecular complexity index is 430. The van der Waals surface area contributed by atoms with Gasteiger partial charge in [-0.15, -0.1) is 0 Å². The summed E-state index contributed by atoms with van der Waals surface area (Å²) in [6.07, 6.45) is 0.234. The summed E-state index contributed by atoms with van der Waals surface area (Å²) in [5.74, 6) is -0.381. The molecule has 92 valence electrons. The third-order valence-corrected chi connectivity index (χ3v) is 3.57. The lowest BCUT2D eigenvalue weighted by molar-refractivity contribution is -0.115. The van der Waals surface area contributed by atoms with Crippen LogP contribution in [0.5, 0.6) is 0 Å². The van der Waals surface area contributed by atoms with Crippen molar-refractivity contribution in [2.24, 2.45) is 0 Å². The lowest BCUT2D eigenvalue weighted by Crippen LogP contribution is -2.13. The van der Waals surface area contributed by atoms with Gasteiger partial charge in [0.2, 0.25) is 0 Å². The lowest BCUT2D eigenvalue weighted by atomic mass is 9.97. The molecule has 0 atom stereocenters. The van der Waals surface area contributed by atoms with Gasteiger partial charge in [-0.25, -0.2) is 4.79 Å². The van der Waals surface area contributed by atoms with Crippen molar-refractivity contribution in [3.05, 3.63) is 34.9 Å². The summed E-state index contributed by atoms with van der Waals surface area (Å²) in [6.45, 7) is 0. The number of rotatable bonds is 5. The van der Waals surface area contributed by atoms with E-state index in [0.717, 1.165) is 11.1 Å². The SMILES string of the molecule is COC(=O)c1cccc(CBr)c1CC(=O)CBr. The molecule has 1 aromatic carbocycles. The Morgan fingerprint density at radius 3 is 2.53 bits per heavy atom. The minimum atomic E-state index is -0.412. The van der Waals surface area contributed by atoms with E-state index in [1.807, 2.05) is 6.07 Å². The van der Waals surface area contributed by atoms with Crippen LogP contribution in [0.15, 0.2) is 18.2 Å². The van der Waals surface area contributed by atoms with Crippen LogP contribution < -0.4 is 0 Å². The van der Waals surface area contributed by atoms with Gasteiger partial charge >= 0.3 is 5.97 Å². The summed E-state index contributed by atoms with van der Waals surface area (Å²) in [7, 11) is 1.33. The number of benzene rings is 1.